The maximum Gasteiger partial charge on any atom is 0.423 e. The van der Waals surface area contributed by atoms with Gasteiger partial charge in [-0.2, -0.15) is 13.2 Å². The third-order valence-electron chi connectivity index (χ3n) is 4.57. The van der Waals surface area contributed by atoms with E-state index in [0.29, 0.717) is 11.3 Å². The summed E-state index contributed by atoms with van der Waals surface area (Å²) < 4.78 is 51.1. The molecule has 160 valence electrons. The van der Waals surface area contributed by atoms with E-state index >= 15 is 0 Å². The molecular weight excluding hydrogens is 407 g/mol. The quantitative estimate of drug-likeness (QED) is 0.325. The minimum Gasteiger partial charge on any atom is -0.491 e. The molecule has 1 fully saturated rings. The zero-order chi connectivity index (χ0) is 21.9. The van der Waals surface area contributed by atoms with Crippen LogP contribution in [0, 0.1) is 10.1 Å². The third-order valence-corrected chi connectivity index (χ3v) is 4.57. The summed E-state index contributed by atoms with van der Waals surface area (Å²) in [6.45, 7) is 2.09. The molecule has 11 heteroatoms. The van der Waals surface area contributed by atoms with Gasteiger partial charge in [0.2, 0.25) is 0 Å². The van der Waals surface area contributed by atoms with Crippen LogP contribution in [0.4, 0.5) is 24.5 Å². The molecule has 0 amide bonds. The molecule has 0 saturated carbocycles. The van der Waals surface area contributed by atoms with Gasteiger partial charge in [0.1, 0.15) is 30.3 Å². The van der Waals surface area contributed by atoms with Gasteiger partial charge in [-0.25, -0.2) is 0 Å². The molecule has 2 atom stereocenters. The summed E-state index contributed by atoms with van der Waals surface area (Å²) in [7, 11) is 0. The zero-order valence-electron chi connectivity index (χ0n) is 15.7. The Morgan fingerprint density at radius 1 is 1.33 bits per heavy atom. The molecule has 0 aliphatic carbocycles. The van der Waals surface area contributed by atoms with Gasteiger partial charge in [-0.3, -0.25) is 10.1 Å². The maximum atomic E-state index is 13.2. The number of rotatable bonds is 6. The normalized spacial score (nSPS) is 19.4. The van der Waals surface area contributed by atoms with Gasteiger partial charge in [-0.05, 0) is 48.9 Å². The van der Waals surface area contributed by atoms with Crippen molar-refractivity contribution >= 4 is 17.6 Å². The van der Waals surface area contributed by atoms with Crippen molar-refractivity contribution in [3.8, 4) is 5.75 Å². The van der Waals surface area contributed by atoms with Gasteiger partial charge in [0, 0.05) is 11.8 Å². The van der Waals surface area contributed by atoms with Gasteiger partial charge in [-0.1, -0.05) is 5.16 Å². The van der Waals surface area contributed by atoms with Crippen molar-refractivity contribution in [2.24, 2.45) is 5.16 Å². The van der Waals surface area contributed by atoms with Crippen LogP contribution in [0.3, 0.4) is 0 Å². The van der Waals surface area contributed by atoms with Crippen LogP contribution in [0.2, 0.25) is 0 Å². The van der Waals surface area contributed by atoms with Crippen LogP contribution in [-0.4, -0.2) is 41.8 Å². The number of hydrogen-bond donors (Lipinski definition) is 1. The van der Waals surface area contributed by atoms with Gasteiger partial charge in [0.15, 0.2) is 0 Å². The second-order valence-electron chi connectivity index (χ2n) is 6.59. The molecule has 8 nitrogen and oxygen atoms in total. The van der Waals surface area contributed by atoms with Gasteiger partial charge < -0.3 is 19.6 Å². The van der Waals surface area contributed by atoms with E-state index in [1.54, 1.807) is 36.1 Å². The average molecular weight is 425 g/mol. The van der Waals surface area contributed by atoms with E-state index in [1.807, 2.05) is 0 Å². The summed E-state index contributed by atoms with van der Waals surface area (Å²) in [5, 5.41) is 22.4. The Balaban J connectivity index is 1.69. The molecular formula is C19H18F3N3O5. The highest BCUT2D eigenvalue weighted by Gasteiger charge is 2.40. The first-order valence-electron chi connectivity index (χ1n) is 8.87. The Morgan fingerprint density at radius 3 is 2.63 bits per heavy atom. The fraction of sp³-hybridized carbons (Fsp3) is 0.316. The Labute approximate surface area is 169 Å². The molecule has 0 aromatic heterocycles. The highest BCUT2D eigenvalue weighted by Crippen LogP contribution is 2.39. The average Bonchev–Trinajstić information content (AvgIpc) is 3.07. The lowest BCUT2D eigenvalue weighted by Crippen LogP contribution is -2.28. The number of anilines is 1. The predicted molar refractivity (Wildman–Crippen MR) is 101 cm³/mol. The Bertz CT molecular complexity index is 934. The second kappa shape index (κ2) is 8.57. The summed E-state index contributed by atoms with van der Waals surface area (Å²) in [5.41, 5.74) is -1.44. The fourth-order valence-corrected chi connectivity index (χ4v) is 3.17. The number of oxime groups is 1. The third kappa shape index (κ3) is 4.79. The molecule has 1 saturated heterocycles. The van der Waals surface area contributed by atoms with Gasteiger partial charge in [0.05, 0.1) is 17.7 Å². The fourth-order valence-electron chi connectivity index (χ4n) is 3.17. The number of nitro groups is 1. The molecule has 1 aliphatic rings. The lowest BCUT2D eigenvalue weighted by atomic mass is 10.1. The highest BCUT2D eigenvalue weighted by molar-refractivity contribution is 5.79. The molecule has 0 radical (unpaired) electrons. The molecule has 0 spiro atoms. The predicted octanol–water partition coefficient (Wildman–Crippen LogP) is 4.05. The maximum absolute atomic E-state index is 13.2. The summed E-state index contributed by atoms with van der Waals surface area (Å²) in [6.07, 6.45) is -4.53. The van der Waals surface area contributed by atoms with Gasteiger partial charge in [-0.15, -0.1) is 0 Å². The number of nitro benzene ring substituents is 1. The molecule has 1 heterocycles. The molecule has 1 aliphatic heterocycles. The topological polar surface area (TPSA) is 97.4 Å². The van der Waals surface area contributed by atoms with E-state index in [9.17, 15) is 23.3 Å². The van der Waals surface area contributed by atoms with Crippen molar-refractivity contribution in [2.45, 2.75) is 25.4 Å². The minimum atomic E-state index is -4.85. The lowest BCUT2D eigenvalue weighted by Gasteiger charge is -2.22. The molecule has 0 unspecified atom stereocenters. The largest absolute Gasteiger partial charge is 0.491 e. The van der Waals surface area contributed by atoms with E-state index < -0.39 is 34.7 Å². The minimum absolute atomic E-state index is 0.160. The summed E-state index contributed by atoms with van der Waals surface area (Å²) >= 11 is 0. The van der Waals surface area contributed by atoms with Gasteiger partial charge in [0.25, 0.3) is 5.69 Å². The van der Waals surface area contributed by atoms with Crippen molar-refractivity contribution in [2.75, 3.05) is 18.1 Å². The summed E-state index contributed by atoms with van der Waals surface area (Å²) in [6, 6.07) is 9.63. The van der Waals surface area contributed by atoms with Crippen molar-refractivity contribution in [3.63, 3.8) is 0 Å². The second-order valence-corrected chi connectivity index (χ2v) is 6.59. The Hall–Kier alpha value is -3.34. The molecule has 3 rings (SSSR count). The first kappa shape index (κ1) is 21.4. The van der Waals surface area contributed by atoms with Crippen molar-refractivity contribution in [1.82, 2.24) is 0 Å². The number of halogens is 3. The van der Waals surface area contributed by atoms with Crippen LogP contribution in [0.1, 0.15) is 18.1 Å². The van der Waals surface area contributed by atoms with Crippen molar-refractivity contribution in [3.05, 3.63) is 63.7 Å². The number of ether oxygens (including phenoxy) is 2. The Kier molecular flexibility index (Phi) is 6.11. The highest BCUT2D eigenvalue weighted by atomic mass is 19.4. The summed E-state index contributed by atoms with van der Waals surface area (Å²) in [5.74, 6) is 0.550. The molecule has 30 heavy (non-hydrogen) atoms. The van der Waals surface area contributed by atoms with E-state index in [-0.39, 0.29) is 18.8 Å². The standard InChI is InChI=1S/C19H18F3N3O5/c1-12-24(14-4-7-18(25(27)28)17(8-14)19(20,21)22)10-16(30-12)11-29-15-5-2-13(3-6-15)9-23-26/h2-9,12,16,26H,10-11H2,1H3/b23-9+/t12-,16+/m1/s1. The van der Waals surface area contributed by atoms with Gasteiger partial charge >= 0.3 is 6.18 Å². The zero-order valence-corrected chi connectivity index (χ0v) is 15.7. The van der Waals surface area contributed by atoms with E-state index in [1.165, 1.54) is 12.3 Å². The van der Waals surface area contributed by atoms with Crippen LogP contribution >= 0.6 is 0 Å². The number of benzene rings is 2. The number of alkyl halides is 3. The SMILES string of the molecule is C[C@H]1O[C@H](COc2ccc(/C=N/O)cc2)CN1c1ccc([N+](=O)[O-])c(C(F)(F)F)c1. The van der Waals surface area contributed by atoms with Crippen molar-refractivity contribution < 1.29 is 32.8 Å². The number of nitrogens with zero attached hydrogens (tertiary/aromatic N) is 3. The number of hydrogen-bond acceptors (Lipinski definition) is 7. The molecule has 2 aromatic rings. The first-order valence-corrected chi connectivity index (χ1v) is 8.87. The molecule has 0 bridgehead atoms. The smallest absolute Gasteiger partial charge is 0.423 e. The lowest BCUT2D eigenvalue weighted by molar-refractivity contribution is -0.388. The van der Waals surface area contributed by atoms with E-state index in [0.717, 1.165) is 12.1 Å². The monoisotopic (exact) mass is 425 g/mol. The van der Waals surface area contributed by atoms with Crippen LogP contribution < -0.4 is 9.64 Å². The molecule has 1 N–H and O–H groups in total. The van der Waals surface area contributed by atoms with Crippen LogP contribution in [0.5, 0.6) is 5.75 Å². The van der Waals surface area contributed by atoms with E-state index in [2.05, 4.69) is 5.16 Å². The molecule has 2 aromatic carbocycles. The summed E-state index contributed by atoms with van der Waals surface area (Å²) in [4.78, 5) is 11.5. The van der Waals surface area contributed by atoms with E-state index in [4.69, 9.17) is 14.7 Å². The van der Waals surface area contributed by atoms with Crippen LogP contribution in [-0.2, 0) is 10.9 Å². The Morgan fingerprint density at radius 2 is 2.03 bits per heavy atom. The van der Waals surface area contributed by atoms with Crippen LogP contribution in [0.15, 0.2) is 47.6 Å². The van der Waals surface area contributed by atoms with Crippen LogP contribution in [0.25, 0.3) is 0 Å². The van der Waals surface area contributed by atoms with Crippen molar-refractivity contribution in [1.29, 1.82) is 0 Å². The first-order chi connectivity index (χ1) is 14.2.